The second-order valence-electron chi connectivity index (χ2n) is 4.85. The number of nitro groups is 1. The molecular formula is C16H14N2O3. The first kappa shape index (κ1) is 13.2. The monoisotopic (exact) mass is 282 g/mol. The van der Waals surface area contributed by atoms with Gasteiger partial charge in [-0.25, -0.2) is 0 Å². The van der Waals surface area contributed by atoms with Crippen molar-refractivity contribution in [1.29, 1.82) is 0 Å². The molecule has 0 saturated heterocycles. The van der Waals surface area contributed by atoms with E-state index in [2.05, 4.69) is 0 Å². The number of hydrogen-bond acceptors (Lipinski definition) is 4. The molecule has 5 heteroatoms. The number of ether oxygens (including phenoxy) is 1. The number of fused-ring (bicyclic) bond motifs is 1. The van der Waals surface area contributed by atoms with Gasteiger partial charge in [-0.05, 0) is 23.3 Å². The first-order valence-corrected chi connectivity index (χ1v) is 6.50. The highest BCUT2D eigenvalue weighted by molar-refractivity contribution is 5.76. The zero-order valence-corrected chi connectivity index (χ0v) is 11.4. The largest absolute Gasteiger partial charge is 0.497 e. The molecule has 0 heterocycles. The summed E-state index contributed by atoms with van der Waals surface area (Å²) in [5.74, 6) is 0.199. The summed E-state index contributed by atoms with van der Waals surface area (Å²) in [6.45, 7) is 0. The number of benzene rings is 2. The van der Waals surface area contributed by atoms with Gasteiger partial charge in [-0.2, -0.15) is 0 Å². The molecule has 1 aliphatic carbocycles. The van der Waals surface area contributed by atoms with Crippen molar-refractivity contribution >= 4 is 5.70 Å². The zero-order chi connectivity index (χ0) is 15.0. The summed E-state index contributed by atoms with van der Waals surface area (Å²) in [6, 6.07) is 14.7. The summed E-state index contributed by atoms with van der Waals surface area (Å²) in [4.78, 5) is 11.1. The molecule has 0 aliphatic heterocycles. The molecule has 1 atom stereocenters. The van der Waals surface area contributed by atoms with E-state index in [-0.39, 0.29) is 16.3 Å². The molecule has 0 radical (unpaired) electrons. The number of nitrogens with two attached hydrogens (primary N) is 1. The fourth-order valence-electron chi connectivity index (χ4n) is 2.80. The maximum atomic E-state index is 11.5. The molecule has 106 valence electrons. The highest BCUT2D eigenvalue weighted by Crippen LogP contribution is 2.44. The van der Waals surface area contributed by atoms with Crippen LogP contribution >= 0.6 is 0 Å². The Bertz CT molecular complexity index is 753. The maximum absolute atomic E-state index is 11.5. The minimum atomic E-state index is -0.466. The Balaban J connectivity index is 2.21. The van der Waals surface area contributed by atoms with Crippen LogP contribution in [0.1, 0.15) is 22.6 Å². The Morgan fingerprint density at radius 2 is 1.95 bits per heavy atom. The molecular weight excluding hydrogens is 268 g/mol. The highest BCUT2D eigenvalue weighted by atomic mass is 16.6. The average Bonchev–Trinajstić information content (AvgIpc) is 2.81. The van der Waals surface area contributed by atoms with Gasteiger partial charge in [-0.1, -0.05) is 36.4 Å². The Kier molecular flexibility index (Phi) is 3.10. The van der Waals surface area contributed by atoms with Crippen LogP contribution < -0.4 is 10.5 Å². The van der Waals surface area contributed by atoms with Crippen LogP contribution in [0.4, 0.5) is 0 Å². The molecule has 1 aliphatic rings. The molecule has 1 unspecified atom stereocenters. The summed E-state index contributed by atoms with van der Waals surface area (Å²) >= 11 is 0. The summed E-state index contributed by atoms with van der Waals surface area (Å²) < 4.78 is 5.21. The van der Waals surface area contributed by atoms with Crippen molar-refractivity contribution in [2.45, 2.75) is 5.92 Å². The fourth-order valence-corrected chi connectivity index (χ4v) is 2.80. The third-order valence-corrected chi connectivity index (χ3v) is 3.74. The molecule has 0 amide bonds. The molecule has 0 spiro atoms. The van der Waals surface area contributed by atoms with Crippen LogP contribution in [0.3, 0.4) is 0 Å². The molecule has 5 nitrogen and oxygen atoms in total. The van der Waals surface area contributed by atoms with Gasteiger partial charge in [0.2, 0.25) is 0 Å². The second kappa shape index (κ2) is 4.94. The number of allylic oxidation sites excluding steroid dienone is 1. The van der Waals surface area contributed by atoms with Crippen molar-refractivity contribution < 1.29 is 9.66 Å². The van der Waals surface area contributed by atoms with Gasteiger partial charge in [-0.15, -0.1) is 0 Å². The minimum absolute atomic E-state index is 0.0319. The molecule has 2 N–H and O–H groups in total. The summed E-state index contributed by atoms with van der Waals surface area (Å²) in [5.41, 5.74) is 8.66. The van der Waals surface area contributed by atoms with Crippen LogP contribution in [-0.2, 0) is 0 Å². The lowest BCUT2D eigenvalue weighted by atomic mass is 9.91. The maximum Gasteiger partial charge on any atom is 0.281 e. The Morgan fingerprint density at radius 1 is 1.19 bits per heavy atom. The molecule has 21 heavy (non-hydrogen) atoms. The van der Waals surface area contributed by atoms with E-state index in [1.165, 1.54) is 0 Å². The van der Waals surface area contributed by atoms with Crippen LogP contribution in [-0.4, -0.2) is 12.0 Å². The number of rotatable bonds is 3. The lowest BCUT2D eigenvalue weighted by Gasteiger charge is -2.12. The first-order valence-electron chi connectivity index (χ1n) is 6.50. The van der Waals surface area contributed by atoms with Crippen LogP contribution in [0.15, 0.2) is 54.2 Å². The number of nitrogens with zero attached hydrogens (tertiary/aromatic N) is 1. The van der Waals surface area contributed by atoms with Gasteiger partial charge < -0.3 is 10.5 Å². The standard InChI is InChI=1S/C16H14N2O3/c1-21-11-6-4-5-10(9-11)14-12-7-2-3-8-13(12)15(17)16(14)18(19)20/h2-9,14H,17H2,1H3. The second-order valence-corrected chi connectivity index (χ2v) is 4.85. The molecule has 2 aromatic carbocycles. The third kappa shape index (κ3) is 2.03. The van der Waals surface area contributed by atoms with Crippen molar-refractivity contribution in [2.24, 2.45) is 5.73 Å². The minimum Gasteiger partial charge on any atom is -0.497 e. The quantitative estimate of drug-likeness (QED) is 0.693. The van der Waals surface area contributed by atoms with Crippen LogP contribution in [0.25, 0.3) is 5.70 Å². The van der Waals surface area contributed by atoms with Gasteiger partial charge in [0, 0.05) is 5.56 Å². The fraction of sp³-hybridized carbons (Fsp3) is 0.125. The van der Waals surface area contributed by atoms with Crippen LogP contribution in [0, 0.1) is 10.1 Å². The SMILES string of the molecule is COc1cccc(C2C([N+](=O)[O-])=C(N)c3ccccc32)c1. The molecule has 0 aromatic heterocycles. The van der Waals surface area contributed by atoms with Gasteiger partial charge in [0.1, 0.15) is 17.4 Å². The number of methoxy groups -OCH3 is 1. The van der Waals surface area contributed by atoms with E-state index in [0.717, 1.165) is 16.7 Å². The Hall–Kier alpha value is -2.82. The molecule has 0 fully saturated rings. The predicted molar refractivity (Wildman–Crippen MR) is 79.4 cm³/mol. The van der Waals surface area contributed by atoms with Crippen molar-refractivity contribution in [3.05, 3.63) is 81.0 Å². The molecule has 0 saturated carbocycles. The van der Waals surface area contributed by atoms with Crippen LogP contribution in [0.2, 0.25) is 0 Å². The van der Waals surface area contributed by atoms with Crippen LogP contribution in [0.5, 0.6) is 5.75 Å². The van der Waals surface area contributed by atoms with E-state index in [0.29, 0.717) is 5.75 Å². The van der Waals surface area contributed by atoms with Crippen molar-refractivity contribution in [2.75, 3.05) is 7.11 Å². The van der Waals surface area contributed by atoms with E-state index in [1.807, 2.05) is 48.5 Å². The predicted octanol–water partition coefficient (Wildman–Crippen LogP) is 2.74. The Morgan fingerprint density at radius 3 is 2.67 bits per heavy atom. The van der Waals surface area contributed by atoms with E-state index in [9.17, 15) is 10.1 Å². The van der Waals surface area contributed by atoms with E-state index in [4.69, 9.17) is 10.5 Å². The molecule has 0 bridgehead atoms. The lowest BCUT2D eigenvalue weighted by molar-refractivity contribution is -0.427. The zero-order valence-electron chi connectivity index (χ0n) is 11.4. The van der Waals surface area contributed by atoms with Gasteiger partial charge in [0.05, 0.1) is 12.0 Å². The molecule has 3 rings (SSSR count). The van der Waals surface area contributed by atoms with E-state index >= 15 is 0 Å². The van der Waals surface area contributed by atoms with Crippen molar-refractivity contribution in [3.8, 4) is 5.75 Å². The summed E-state index contributed by atoms with van der Waals surface area (Å²) in [7, 11) is 1.57. The van der Waals surface area contributed by atoms with E-state index in [1.54, 1.807) is 7.11 Å². The smallest absolute Gasteiger partial charge is 0.281 e. The summed E-state index contributed by atoms with van der Waals surface area (Å²) in [5, 5.41) is 11.5. The first-order chi connectivity index (χ1) is 10.1. The highest BCUT2D eigenvalue weighted by Gasteiger charge is 2.39. The average molecular weight is 282 g/mol. The van der Waals surface area contributed by atoms with Gasteiger partial charge >= 0.3 is 0 Å². The van der Waals surface area contributed by atoms with Gasteiger partial charge in [-0.3, -0.25) is 10.1 Å². The number of hydrogen-bond donors (Lipinski definition) is 1. The lowest BCUT2D eigenvalue weighted by Crippen LogP contribution is -2.10. The third-order valence-electron chi connectivity index (χ3n) is 3.74. The Labute approximate surface area is 121 Å². The van der Waals surface area contributed by atoms with Gasteiger partial charge in [0.25, 0.3) is 5.70 Å². The summed E-state index contributed by atoms with van der Waals surface area (Å²) in [6.07, 6.45) is 0. The van der Waals surface area contributed by atoms with Crippen molar-refractivity contribution in [3.63, 3.8) is 0 Å². The molecule has 2 aromatic rings. The van der Waals surface area contributed by atoms with Gasteiger partial charge in [0.15, 0.2) is 0 Å². The topological polar surface area (TPSA) is 78.4 Å². The van der Waals surface area contributed by atoms with E-state index < -0.39 is 5.92 Å². The van der Waals surface area contributed by atoms with Crippen molar-refractivity contribution in [1.82, 2.24) is 0 Å². The normalized spacial score (nSPS) is 16.7.